The Morgan fingerprint density at radius 3 is 0.797 bits per heavy atom. The highest BCUT2D eigenvalue weighted by molar-refractivity contribution is 5.01. The minimum absolute atomic E-state index is 1.05. The smallest absolute Gasteiger partial charge is 0.221 e. The predicted octanol–water partition coefficient (Wildman–Crippen LogP) is -15.4. The highest BCUT2D eigenvalue weighted by atomic mass is 16.8. The first kappa shape index (κ1) is 58.7. The Kier molecular flexibility index (Phi) is 18.2. The van der Waals surface area contributed by atoms with Gasteiger partial charge in [0, 0.05) is 0 Å². The van der Waals surface area contributed by atoms with Gasteiger partial charge in [-0.1, -0.05) is 0 Å². The van der Waals surface area contributed by atoms with Gasteiger partial charge in [0.05, 0.1) is 26.4 Å². The third-order valence-electron chi connectivity index (χ3n) is 14.0. The van der Waals surface area contributed by atoms with E-state index in [1.54, 1.807) is 0 Å². The van der Waals surface area contributed by atoms with Gasteiger partial charge < -0.3 is 174 Å². The van der Waals surface area contributed by atoms with E-state index in [-0.39, 0.29) is 0 Å². The van der Waals surface area contributed by atoms with E-state index in [9.17, 15) is 107 Å². The van der Waals surface area contributed by atoms with Crippen LogP contribution in [0.25, 0.3) is 0 Å². The molecule has 21 aliphatic heterocycles. The summed E-state index contributed by atoms with van der Waals surface area (Å²) in [6.45, 7) is -7.88. The van der Waals surface area contributed by atoms with E-state index < -0.39 is 242 Å². The molecule has 0 aromatic carbocycles. The average molecular weight is 1090 g/mol. The number of aliphatic hydroxyl groups is 21. The van der Waals surface area contributed by atoms with Gasteiger partial charge in [0.25, 0.3) is 0 Å². The maximum atomic E-state index is 11.3. The molecule has 21 fully saturated rings. The molecule has 21 aliphatic rings. The van der Waals surface area contributed by atoms with E-state index in [1.807, 2.05) is 0 Å². The zero-order valence-corrected chi connectivity index (χ0v) is 38.3. The minimum atomic E-state index is -3.10. The average Bonchev–Trinajstić information content (AvgIpc) is 3.37. The van der Waals surface area contributed by atoms with Crippen molar-refractivity contribution in [2.75, 3.05) is 46.2 Å². The molecule has 21 saturated heterocycles. The second-order valence-corrected chi connectivity index (χ2v) is 19.0. The first-order chi connectivity index (χ1) is 34.8. The highest BCUT2D eigenvalue weighted by Crippen LogP contribution is 2.40. The first-order valence-corrected chi connectivity index (χ1v) is 23.1. The molecule has 21 rings (SSSR count). The van der Waals surface area contributed by atoms with Crippen LogP contribution in [0.3, 0.4) is 0 Å². The Balaban J connectivity index is 1.05. The van der Waals surface area contributed by atoms with Crippen LogP contribution >= 0.6 is 0 Å². The van der Waals surface area contributed by atoms with Gasteiger partial charge in [-0.05, 0) is 0 Å². The molecule has 0 amide bonds. The first-order valence-electron chi connectivity index (χ1n) is 23.1. The van der Waals surface area contributed by atoms with Crippen molar-refractivity contribution >= 4 is 0 Å². The fourth-order valence-electron chi connectivity index (χ4n) is 9.58. The van der Waals surface area contributed by atoms with Crippen LogP contribution in [0.15, 0.2) is 0 Å². The molecule has 0 radical (unpaired) electrons. The zero-order chi connectivity index (χ0) is 54.1. The van der Waals surface area contributed by atoms with Crippen molar-refractivity contribution in [1.29, 1.82) is 0 Å². The zero-order valence-electron chi connectivity index (χ0n) is 38.3. The monoisotopic (exact) mass is 1090 g/mol. The number of aliphatic hydroxyl groups excluding tert-OH is 18. The van der Waals surface area contributed by atoms with Crippen molar-refractivity contribution in [3.8, 4) is 0 Å². The molecule has 11 unspecified atom stereocenters. The molecule has 0 aliphatic carbocycles. The molecule has 74 heavy (non-hydrogen) atoms. The Morgan fingerprint density at radius 2 is 0.500 bits per heavy atom. The van der Waals surface area contributed by atoms with Crippen molar-refractivity contribution in [1.82, 2.24) is 0 Å². The topological polar surface area (TPSA) is 554 Å². The molecular formula is C39H64O35. The molecular weight excluding hydrogens is 1030 g/mol. The molecule has 0 saturated carbocycles. The molecule has 14 bridgehead atoms. The van der Waals surface area contributed by atoms with Crippen LogP contribution in [-0.4, -0.2) is 349 Å². The largest absolute Gasteiger partial charge is 0.394 e. The molecule has 0 spiro atoms. The van der Waals surface area contributed by atoms with E-state index in [0.717, 1.165) is 0 Å². The van der Waals surface area contributed by atoms with Crippen molar-refractivity contribution in [3.05, 3.63) is 0 Å². The van der Waals surface area contributed by atoms with E-state index in [2.05, 4.69) is 0 Å². The highest BCUT2D eigenvalue weighted by Gasteiger charge is 2.62. The number of hydrogen-bond donors (Lipinski definition) is 21. The van der Waals surface area contributed by atoms with Gasteiger partial charge in [-0.25, -0.2) is 0 Å². The lowest BCUT2D eigenvalue weighted by Crippen LogP contribution is -2.70. The maximum Gasteiger partial charge on any atom is 0.221 e. The summed E-state index contributed by atoms with van der Waals surface area (Å²) in [4.78, 5) is 0. The quantitative estimate of drug-likeness (QED) is 0.124. The van der Waals surface area contributed by atoms with Crippen LogP contribution in [0.1, 0.15) is 0 Å². The van der Waals surface area contributed by atoms with Gasteiger partial charge in [0.1, 0.15) is 154 Å². The lowest BCUT2D eigenvalue weighted by Gasteiger charge is -2.50. The predicted molar refractivity (Wildman–Crippen MR) is 214 cm³/mol. The number of ether oxygens (including phenoxy) is 14. The second-order valence-electron chi connectivity index (χ2n) is 19.0. The Hall–Kier alpha value is -1.40. The lowest BCUT2D eigenvalue weighted by atomic mass is 9.95. The summed E-state index contributed by atoms with van der Waals surface area (Å²) in [6.07, 6.45) is -62.1. The summed E-state index contributed by atoms with van der Waals surface area (Å²) in [7, 11) is 0. The Labute approximate surface area is 415 Å². The van der Waals surface area contributed by atoms with Gasteiger partial charge in [-0.2, -0.15) is 0 Å². The van der Waals surface area contributed by atoms with Crippen LogP contribution in [0.4, 0.5) is 0 Å². The molecule has 0 aromatic rings. The fourth-order valence-corrected chi connectivity index (χ4v) is 9.58. The number of hydrogen-bond acceptors (Lipinski definition) is 35. The minimum Gasteiger partial charge on any atom is -0.394 e. The van der Waals surface area contributed by atoms with Gasteiger partial charge in [-0.15, -0.1) is 0 Å². The summed E-state index contributed by atoms with van der Waals surface area (Å²) in [6, 6.07) is 0. The summed E-state index contributed by atoms with van der Waals surface area (Å²) < 4.78 is 76.7. The van der Waals surface area contributed by atoms with Crippen LogP contribution in [0.2, 0.25) is 0 Å². The SMILES string of the molecule is OCC1O[C@@H]2O[C@@H]3C(CO)O[C@H](O[C@]4(O)CO[C@H](O[C@]5(O)CO[C@H](O[C@@H]6C(CO)O[C@H](O[C@]7(O)CO[C@H](O[C@@H]8C(CO)O[C@H](O[C@H]1[C@H](O)C2O)C(O)[C@H]8O)C(O)[C@H]7O)C(O)[C@H]6O)C(O)[C@H]5O)C(O)[C@H]4O)C(O)[C@H]3O. The van der Waals surface area contributed by atoms with Crippen LogP contribution in [0.5, 0.6) is 0 Å². The molecule has 35 heteroatoms. The summed E-state index contributed by atoms with van der Waals surface area (Å²) in [5.41, 5.74) is 0. The normalized spacial score (nSPS) is 57.1. The lowest BCUT2D eigenvalue weighted by molar-refractivity contribution is -0.453. The molecule has 21 heterocycles. The molecule has 32 atom stereocenters. The molecule has 35 nitrogen and oxygen atoms in total. The van der Waals surface area contributed by atoms with Gasteiger partial charge in [0.2, 0.25) is 17.4 Å². The van der Waals surface area contributed by atoms with E-state index in [1.165, 1.54) is 0 Å². The summed E-state index contributed by atoms with van der Waals surface area (Å²) in [5, 5.41) is 230. The molecule has 0 aromatic heterocycles. The van der Waals surface area contributed by atoms with Gasteiger partial charge >= 0.3 is 0 Å². The third-order valence-corrected chi connectivity index (χ3v) is 14.0. The van der Waals surface area contributed by atoms with E-state index in [0.29, 0.717) is 0 Å². The summed E-state index contributed by atoms with van der Waals surface area (Å²) >= 11 is 0. The Morgan fingerprint density at radius 1 is 0.270 bits per heavy atom. The van der Waals surface area contributed by atoms with Crippen LogP contribution in [-0.2, 0) is 66.3 Å². The van der Waals surface area contributed by atoms with Crippen LogP contribution in [0, 0.1) is 0 Å². The van der Waals surface area contributed by atoms with Crippen molar-refractivity contribution in [2.24, 2.45) is 0 Å². The van der Waals surface area contributed by atoms with Gasteiger partial charge in [0.15, 0.2) is 44.0 Å². The van der Waals surface area contributed by atoms with E-state index >= 15 is 0 Å². The Bertz CT molecular complexity index is 1820. The standard InChI is InChI=1S/C39H64O35/c40-1-8-23-12(44)16(48)33(64-8)70-25-9(2-41)65-34(17(49)13(25)45)71-26-11(4-43)67-36(19(51)15(26)47)74-39(60)7-63-32(22(54)29(39)57)72-37(58)5-61-30(20(52)27(37)55)69-24-10(3-42)66-35(18(50)14(24)46)73-38(59)6-62-31(68-23)21(53)28(38)56/h8-36,40-60H,1-7H2/t8?,9?,10?,11?,12-,13-,14-,15-,16?,17?,18?,19?,20?,21?,22?,23-,24-,25-,26-,27-,28-,29-,30-,31-,32-,33-,34-,35-,36-,37-,38-,39-/m1/s1. The third kappa shape index (κ3) is 10.8. The second kappa shape index (κ2) is 23.0. The van der Waals surface area contributed by atoms with Crippen molar-refractivity contribution in [3.63, 3.8) is 0 Å². The molecule has 21 N–H and O–H groups in total. The van der Waals surface area contributed by atoms with Crippen LogP contribution < -0.4 is 0 Å². The van der Waals surface area contributed by atoms with E-state index in [4.69, 9.17) is 66.3 Å². The van der Waals surface area contributed by atoms with Crippen molar-refractivity contribution in [2.45, 2.75) is 196 Å². The fraction of sp³-hybridized carbons (Fsp3) is 1.00. The van der Waals surface area contributed by atoms with Gasteiger partial charge in [-0.3, -0.25) is 0 Å². The van der Waals surface area contributed by atoms with Crippen molar-refractivity contribution < 1.29 is 174 Å². The maximum absolute atomic E-state index is 11.3. The molecule has 430 valence electrons. The number of rotatable bonds is 4. The summed E-state index contributed by atoms with van der Waals surface area (Å²) in [5.74, 6) is -9.23.